The highest BCUT2D eigenvalue weighted by Gasteiger charge is 2.42. The van der Waals surface area contributed by atoms with E-state index in [9.17, 15) is 9.50 Å². The van der Waals surface area contributed by atoms with Gasteiger partial charge in [0.15, 0.2) is 0 Å². The van der Waals surface area contributed by atoms with Crippen molar-refractivity contribution >= 4 is 0 Å². The second-order valence-corrected chi connectivity index (χ2v) is 8.26. The molecule has 1 aliphatic rings. The molecule has 0 heterocycles. The summed E-state index contributed by atoms with van der Waals surface area (Å²) in [4.78, 5) is 0. The van der Waals surface area contributed by atoms with Crippen LogP contribution in [0.4, 0.5) is 4.39 Å². The number of fused-ring (bicyclic) bond motifs is 3. The van der Waals surface area contributed by atoms with Crippen LogP contribution in [0.2, 0.25) is 0 Å². The van der Waals surface area contributed by atoms with Crippen LogP contribution in [-0.4, -0.2) is 5.11 Å². The van der Waals surface area contributed by atoms with Gasteiger partial charge >= 0.3 is 0 Å². The maximum Gasteiger partial charge on any atom is 0.124 e. The van der Waals surface area contributed by atoms with E-state index in [1.807, 2.05) is 6.07 Å². The number of rotatable bonds is 7. The molecule has 0 saturated heterocycles. The Morgan fingerprint density at radius 2 is 1.45 bits per heavy atom. The van der Waals surface area contributed by atoms with Gasteiger partial charge in [0, 0.05) is 11.0 Å². The highest BCUT2D eigenvalue weighted by Crippen LogP contribution is 2.55. The van der Waals surface area contributed by atoms with E-state index in [2.05, 4.69) is 50.2 Å². The fraction of sp³-hybridized carbons (Fsp3) is 0.333. The van der Waals surface area contributed by atoms with Crippen LogP contribution in [0.1, 0.15) is 63.5 Å². The minimum Gasteiger partial charge on any atom is -0.507 e. The van der Waals surface area contributed by atoms with Gasteiger partial charge in [-0.25, -0.2) is 4.39 Å². The van der Waals surface area contributed by atoms with Crippen LogP contribution in [0.25, 0.3) is 22.3 Å². The van der Waals surface area contributed by atoms with E-state index in [1.54, 1.807) is 0 Å². The number of unbranched alkanes of at least 4 members (excludes halogenated alkanes) is 2. The molecule has 4 rings (SSSR count). The standard InChI is InChI=1S/C27H29FO/c1-3-5-15-27(16-6-4-2)24-10-8-7-9-21(24)22-13-11-19(17-25(22)27)23-18-20(28)12-14-26(23)29/h7-14,17-18,29H,3-6,15-16H2,1-2H3. The van der Waals surface area contributed by atoms with Crippen LogP contribution in [0.3, 0.4) is 0 Å². The highest BCUT2D eigenvalue weighted by molar-refractivity contribution is 5.84. The topological polar surface area (TPSA) is 20.2 Å². The molecule has 29 heavy (non-hydrogen) atoms. The lowest BCUT2D eigenvalue weighted by atomic mass is 9.70. The minimum absolute atomic E-state index is 0.00307. The Morgan fingerprint density at radius 1 is 0.759 bits per heavy atom. The first-order chi connectivity index (χ1) is 14.1. The van der Waals surface area contributed by atoms with E-state index in [-0.39, 0.29) is 17.0 Å². The SMILES string of the molecule is CCCCC1(CCCC)c2ccccc2-c2ccc(-c3cc(F)ccc3O)cc21. The third-order valence-electron chi connectivity index (χ3n) is 6.45. The van der Waals surface area contributed by atoms with Gasteiger partial charge in [-0.15, -0.1) is 0 Å². The first-order valence-electron chi connectivity index (χ1n) is 10.8. The second-order valence-electron chi connectivity index (χ2n) is 8.26. The first kappa shape index (κ1) is 19.7. The Hall–Kier alpha value is -2.61. The third-order valence-corrected chi connectivity index (χ3v) is 6.45. The molecule has 3 aromatic carbocycles. The molecule has 0 atom stereocenters. The van der Waals surface area contributed by atoms with Crippen molar-refractivity contribution in [1.29, 1.82) is 0 Å². The van der Waals surface area contributed by atoms with Crippen molar-refractivity contribution in [3.63, 3.8) is 0 Å². The quantitative estimate of drug-likeness (QED) is 0.437. The summed E-state index contributed by atoms with van der Waals surface area (Å²) < 4.78 is 13.9. The smallest absolute Gasteiger partial charge is 0.124 e. The molecule has 150 valence electrons. The van der Waals surface area contributed by atoms with E-state index < -0.39 is 0 Å². The van der Waals surface area contributed by atoms with E-state index in [1.165, 1.54) is 53.3 Å². The van der Waals surface area contributed by atoms with Crippen LogP contribution in [0.5, 0.6) is 5.75 Å². The molecular formula is C27H29FO. The van der Waals surface area contributed by atoms with Crippen molar-refractivity contribution in [2.45, 2.75) is 57.8 Å². The zero-order valence-corrected chi connectivity index (χ0v) is 17.3. The van der Waals surface area contributed by atoms with Crippen LogP contribution < -0.4 is 0 Å². The van der Waals surface area contributed by atoms with Gasteiger partial charge in [0.05, 0.1) is 0 Å². The number of aromatic hydroxyl groups is 1. The van der Waals surface area contributed by atoms with E-state index in [0.717, 1.165) is 31.2 Å². The van der Waals surface area contributed by atoms with Crippen LogP contribution in [0, 0.1) is 5.82 Å². The van der Waals surface area contributed by atoms with Crippen molar-refractivity contribution in [3.8, 4) is 28.0 Å². The van der Waals surface area contributed by atoms with Crippen LogP contribution in [0.15, 0.2) is 60.7 Å². The molecule has 1 nitrogen and oxygen atoms in total. The van der Waals surface area contributed by atoms with Crippen LogP contribution >= 0.6 is 0 Å². The fourth-order valence-corrected chi connectivity index (χ4v) is 4.98. The average Bonchev–Trinajstić information content (AvgIpc) is 3.02. The zero-order valence-electron chi connectivity index (χ0n) is 17.3. The molecule has 0 saturated carbocycles. The molecule has 0 fully saturated rings. The van der Waals surface area contributed by atoms with Gasteiger partial charge in [0.25, 0.3) is 0 Å². The number of hydrogen-bond donors (Lipinski definition) is 1. The lowest BCUT2D eigenvalue weighted by Crippen LogP contribution is -2.25. The number of halogens is 1. The summed E-state index contributed by atoms with van der Waals surface area (Å²) in [5, 5.41) is 10.4. The molecule has 0 unspecified atom stereocenters. The number of phenolic OH excluding ortho intramolecular Hbond substituents is 1. The van der Waals surface area contributed by atoms with E-state index in [4.69, 9.17) is 0 Å². The summed E-state index contributed by atoms with van der Waals surface area (Å²) in [5.74, 6) is -0.209. The molecule has 0 amide bonds. The van der Waals surface area contributed by atoms with Crippen molar-refractivity contribution < 1.29 is 9.50 Å². The Bertz CT molecular complexity index is 1010. The Balaban J connectivity index is 1.93. The van der Waals surface area contributed by atoms with Gasteiger partial charge in [-0.2, -0.15) is 0 Å². The van der Waals surface area contributed by atoms with Crippen molar-refractivity contribution in [3.05, 3.63) is 77.6 Å². The number of phenols is 1. The monoisotopic (exact) mass is 388 g/mol. The summed E-state index contributed by atoms with van der Waals surface area (Å²) in [7, 11) is 0. The second kappa shape index (κ2) is 8.02. The highest BCUT2D eigenvalue weighted by atomic mass is 19.1. The van der Waals surface area contributed by atoms with Gasteiger partial charge in [-0.1, -0.05) is 75.9 Å². The minimum atomic E-state index is -0.329. The van der Waals surface area contributed by atoms with E-state index in [0.29, 0.717) is 5.56 Å². The molecule has 0 spiro atoms. The zero-order chi connectivity index (χ0) is 20.4. The molecule has 0 radical (unpaired) electrons. The average molecular weight is 389 g/mol. The largest absolute Gasteiger partial charge is 0.507 e. The summed E-state index contributed by atoms with van der Waals surface area (Å²) in [6, 6.07) is 19.3. The summed E-state index contributed by atoms with van der Waals surface area (Å²) in [6.07, 6.45) is 6.91. The Labute approximate surface area is 173 Å². The van der Waals surface area contributed by atoms with Crippen molar-refractivity contribution in [2.75, 3.05) is 0 Å². The Kier molecular flexibility index (Phi) is 5.45. The molecule has 3 aromatic rings. The van der Waals surface area contributed by atoms with Crippen LogP contribution in [-0.2, 0) is 5.41 Å². The van der Waals surface area contributed by atoms with Gasteiger partial charge < -0.3 is 5.11 Å². The Morgan fingerprint density at radius 3 is 2.17 bits per heavy atom. The molecule has 2 heteroatoms. The van der Waals surface area contributed by atoms with Gasteiger partial charge in [0.1, 0.15) is 11.6 Å². The first-order valence-corrected chi connectivity index (χ1v) is 10.8. The maximum absolute atomic E-state index is 13.9. The lowest BCUT2D eigenvalue weighted by molar-refractivity contribution is 0.414. The summed E-state index contributed by atoms with van der Waals surface area (Å²) >= 11 is 0. The predicted octanol–water partition coefficient (Wildman–Crippen LogP) is 7.85. The summed E-state index contributed by atoms with van der Waals surface area (Å²) in [6.45, 7) is 4.49. The van der Waals surface area contributed by atoms with Gasteiger partial charge in [-0.05, 0) is 64.9 Å². The third kappa shape index (κ3) is 3.35. The fourth-order valence-electron chi connectivity index (χ4n) is 4.98. The van der Waals surface area contributed by atoms with Gasteiger partial charge in [-0.3, -0.25) is 0 Å². The van der Waals surface area contributed by atoms with Crippen molar-refractivity contribution in [1.82, 2.24) is 0 Å². The summed E-state index contributed by atoms with van der Waals surface area (Å²) in [5.41, 5.74) is 6.81. The molecule has 1 N–H and O–H groups in total. The maximum atomic E-state index is 13.9. The molecule has 1 aliphatic carbocycles. The normalized spacial score (nSPS) is 13.9. The van der Waals surface area contributed by atoms with E-state index >= 15 is 0 Å². The molecular weight excluding hydrogens is 359 g/mol. The lowest BCUT2D eigenvalue weighted by Gasteiger charge is -2.33. The predicted molar refractivity (Wildman–Crippen MR) is 119 cm³/mol. The molecule has 0 aliphatic heterocycles. The number of hydrogen-bond acceptors (Lipinski definition) is 1. The molecule has 0 bridgehead atoms. The van der Waals surface area contributed by atoms with Gasteiger partial charge in [0.2, 0.25) is 0 Å². The van der Waals surface area contributed by atoms with Crippen molar-refractivity contribution in [2.24, 2.45) is 0 Å². The molecule has 0 aromatic heterocycles. The number of benzene rings is 3.